The molecule has 0 saturated heterocycles. The van der Waals surface area contributed by atoms with Crippen molar-refractivity contribution in [1.29, 1.82) is 0 Å². The van der Waals surface area contributed by atoms with E-state index in [1.54, 1.807) is 0 Å². The van der Waals surface area contributed by atoms with E-state index in [0.717, 1.165) is 19.6 Å². The summed E-state index contributed by atoms with van der Waals surface area (Å²) in [6.07, 6.45) is 0. The van der Waals surface area contributed by atoms with E-state index in [9.17, 15) is 0 Å². The van der Waals surface area contributed by atoms with Gasteiger partial charge in [-0.2, -0.15) is 0 Å². The highest BCUT2D eigenvalue weighted by molar-refractivity contribution is 6.12. The summed E-state index contributed by atoms with van der Waals surface area (Å²) in [7, 11) is 0. The van der Waals surface area contributed by atoms with Crippen molar-refractivity contribution in [3.05, 3.63) is 217 Å². The standard InChI is InChI=1S/C58H43N3/c1-2-59-53-22-12-9-19-46(53)50-34-42(26-30-56(50)59)41-25-29-45(43-27-31-57-51(35-43)47-20-10-13-23-54(47)60(57)37-39-15-5-3-6-16-39)49(33-41)44-28-32-58-52(36-44)48-21-11-14-24-55(48)61(58)38-40-17-7-4-8-18-40/h3-36H,2,37-38H2,1H3. The Bertz CT molecular complexity index is 3620. The maximum atomic E-state index is 2.47. The van der Waals surface area contributed by atoms with Gasteiger partial charge in [-0.05, 0) is 112 Å². The van der Waals surface area contributed by atoms with Gasteiger partial charge in [0.05, 0.1) is 0 Å². The van der Waals surface area contributed by atoms with Crippen molar-refractivity contribution >= 4 is 65.4 Å². The van der Waals surface area contributed by atoms with Crippen LogP contribution in [-0.4, -0.2) is 13.7 Å². The van der Waals surface area contributed by atoms with Crippen LogP contribution < -0.4 is 0 Å². The first-order chi connectivity index (χ1) is 30.2. The van der Waals surface area contributed by atoms with Gasteiger partial charge >= 0.3 is 0 Å². The maximum absolute atomic E-state index is 2.47. The predicted molar refractivity (Wildman–Crippen MR) is 259 cm³/mol. The number of hydrogen-bond donors (Lipinski definition) is 0. The van der Waals surface area contributed by atoms with Gasteiger partial charge in [-0.3, -0.25) is 0 Å². The molecule has 0 aliphatic rings. The number of para-hydroxylation sites is 3. The fourth-order valence-corrected chi connectivity index (χ4v) is 10.1. The van der Waals surface area contributed by atoms with Crippen molar-refractivity contribution in [2.75, 3.05) is 0 Å². The van der Waals surface area contributed by atoms with E-state index in [2.05, 4.69) is 227 Å². The largest absolute Gasteiger partial charge is 0.341 e. The molecule has 12 aromatic rings. The topological polar surface area (TPSA) is 14.8 Å². The lowest BCUT2D eigenvalue weighted by Gasteiger charge is -2.15. The van der Waals surface area contributed by atoms with Crippen LogP contribution >= 0.6 is 0 Å². The van der Waals surface area contributed by atoms with Crippen molar-refractivity contribution in [3.63, 3.8) is 0 Å². The van der Waals surface area contributed by atoms with Gasteiger partial charge in [-0.1, -0.05) is 146 Å². The van der Waals surface area contributed by atoms with Crippen LogP contribution in [0.5, 0.6) is 0 Å². The first-order valence-electron chi connectivity index (χ1n) is 21.5. The number of nitrogens with zero attached hydrogens (tertiary/aromatic N) is 3. The Morgan fingerprint density at radius 3 is 1.15 bits per heavy atom. The van der Waals surface area contributed by atoms with Crippen LogP contribution in [0.3, 0.4) is 0 Å². The molecule has 0 saturated carbocycles. The third-order valence-corrected chi connectivity index (χ3v) is 13.0. The van der Waals surface area contributed by atoms with Gasteiger partial charge in [0.1, 0.15) is 0 Å². The normalized spacial score (nSPS) is 11.9. The molecular weight excluding hydrogens is 739 g/mol. The molecule has 0 fully saturated rings. The molecule has 0 bridgehead atoms. The second-order valence-electron chi connectivity index (χ2n) is 16.4. The molecule has 290 valence electrons. The minimum absolute atomic E-state index is 0.819. The summed E-state index contributed by atoms with van der Waals surface area (Å²) in [5.74, 6) is 0. The van der Waals surface area contributed by atoms with E-state index >= 15 is 0 Å². The van der Waals surface area contributed by atoms with Crippen molar-refractivity contribution in [1.82, 2.24) is 13.7 Å². The molecule has 3 nitrogen and oxygen atoms in total. The van der Waals surface area contributed by atoms with E-state index in [1.165, 1.54) is 110 Å². The van der Waals surface area contributed by atoms with Gasteiger partial charge < -0.3 is 13.7 Å². The van der Waals surface area contributed by atoms with Crippen LogP contribution in [0.2, 0.25) is 0 Å². The highest BCUT2D eigenvalue weighted by atomic mass is 15.0. The zero-order valence-corrected chi connectivity index (χ0v) is 34.1. The average molecular weight is 782 g/mol. The van der Waals surface area contributed by atoms with Crippen LogP contribution in [0.15, 0.2) is 206 Å². The smallest absolute Gasteiger partial charge is 0.0494 e. The molecule has 0 amide bonds. The monoisotopic (exact) mass is 781 g/mol. The number of rotatable bonds is 8. The first kappa shape index (κ1) is 35.3. The summed E-state index contributed by atoms with van der Waals surface area (Å²) in [5, 5.41) is 7.70. The second kappa shape index (κ2) is 14.3. The van der Waals surface area contributed by atoms with Crippen molar-refractivity contribution in [2.24, 2.45) is 0 Å². The van der Waals surface area contributed by atoms with E-state index < -0.39 is 0 Å². The number of aryl methyl sites for hydroxylation is 1. The quantitative estimate of drug-likeness (QED) is 0.146. The lowest BCUT2D eigenvalue weighted by Crippen LogP contribution is -1.99. The van der Waals surface area contributed by atoms with Crippen LogP contribution in [0.4, 0.5) is 0 Å². The molecule has 0 unspecified atom stereocenters. The van der Waals surface area contributed by atoms with E-state index in [1.807, 2.05) is 0 Å². The number of hydrogen-bond acceptors (Lipinski definition) is 0. The molecular formula is C58H43N3. The van der Waals surface area contributed by atoms with Gasteiger partial charge in [0.25, 0.3) is 0 Å². The summed E-state index contributed by atoms with van der Waals surface area (Å²) in [4.78, 5) is 0. The third-order valence-electron chi connectivity index (χ3n) is 13.0. The van der Waals surface area contributed by atoms with Crippen LogP contribution in [0.25, 0.3) is 98.8 Å². The SMILES string of the molecule is CCn1c2ccccc2c2cc(-c3ccc(-c4ccc5c(c4)c4ccccc4n5Cc4ccccc4)c(-c4ccc5c(c4)c4ccccc4n5Cc4ccccc4)c3)ccc21. The Morgan fingerprint density at radius 2 is 0.639 bits per heavy atom. The third kappa shape index (κ3) is 5.80. The Kier molecular flexibility index (Phi) is 8.28. The molecule has 0 aliphatic carbocycles. The van der Waals surface area contributed by atoms with E-state index in [-0.39, 0.29) is 0 Å². The van der Waals surface area contributed by atoms with Crippen molar-refractivity contribution < 1.29 is 0 Å². The molecule has 9 aromatic carbocycles. The Balaban J connectivity index is 1.06. The molecule has 12 rings (SSSR count). The molecule has 0 radical (unpaired) electrons. The predicted octanol–water partition coefficient (Wildman–Crippen LogP) is 15.1. The van der Waals surface area contributed by atoms with Gasteiger partial charge in [-0.15, -0.1) is 0 Å². The van der Waals surface area contributed by atoms with Gasteiger partial charge in [0, 0.05) is 85.1 Å². The summed E-state index contributed by atoms with van der Waals surface area (Å²) in [6.45, 7) is 4.81. The zero-order chi connectivity index (χ0) is 40.4. The minimum Gasteiger partial charge on any atom is -0.341 e. The summed E-state index contributed by atoms with van der Waals surface area (Å²) in [6, 6.07) is 76.5. The Hall–Kier alpha value is -7.62. The van der Waals surface area contributed by atoms with Crippen molar-refractivity contribution in [2.45, 2.75) is 26.6 Å². The van der Waals surface area contributed by atoms with Crippen LogP contribution in [0.1, 0.15) is 18.1 Å². The average Bonchev–Trinajstić information content (AvgIpc) is 3.94. The maximum Gasteiger partial charge on any atom is 0.0494 e. The molecule has 3 heteroatoms. The highest BCUT2D eigenvalue weighted by Gasteiger charge is 2.18. The second-order valence-corrected chi connectivity index (χ2v) is 16.4. The van der Waals surface area contributed by atoms with Gasteiger partial charge in [-0.25, -0.2) is 0 Å². The zero-order valence-electron chi connectivity index (χ0n) is 34.1. The number of fused-ring (bicyclic) bond motifs is 9. The molecule has 3 aromatic heterocycles. The first-order valence-corrected chi connectivity index (χ1v) is 21.5. The fraction of sp³-hybridized carbons (Fsp3) is 0.0690. The minimum atomic E-state index is 0.819. The van der Waals surface area contributed by atoms with Crippen LogP contribution in [-0.2, 0) is 19.6 Å². The lowest BCUT2D eigenvalue weighted by atomic mass is 9.89. The molecule has 3 heterocycles. The Labute approximate surface area is 355 Å². The lowest BCUT2D eigenvalue weighted by molar-refractivity contribution is 0.827. The van der Waals surface area contributed by atoms with E-state index in [0.29, 0.717) is 0 Å². The molecule has 0 aliphatic heterocycles. The highest BCUT2D eigenvalue weighted by Crippen LogP contribution is 2.42. The number of aromatic nitrogens is 3. The van der Waals surface area contributed by atoms with Gasteiger partial charge in [0.2, 0.25) is 0 Å². The molecule has 0 atom stereocenters. The molecule has 0 N–H and O–H groups in total. The van der Waals surface area contributed by atoms with Crippen LogP contribution in [0, 0.1) is 0 Å². The molecule has 0 spiro atoms. The fourth-order valence-electron chi connectivity index (χ4n) is 10.1. The van der Waals surface area contributed by atoms with Crippen molar-refractivity contribution in [3.8, 4) is 33.4 Å². The summed E-state index contributed by atoms with van der Waals surface area (Å²) >= 11 is 0. The van der Waals surface area contributed by atoms with Gasteiger partial charge in [0.15, 0.2) is 0 Å². The summed E-state index contributed by atoms with van der Waals surface area (Å²) in [5.41, 5.74) is 17.5. The summed E-state index contributed by atoms with van der Waals surface area (Å²) < 4.78 is 7.38. The van der Waals surface area contributed by atoms with E-state index in [4.69, 9.17) is 0 Å². The Morgan fingerprint density at radius 1 is 0.279 bits per heavy atom. The molecule has 61 heavy (non-hydrogen) atoms. The number of benzene rings is 9.